The normalized spacial score (nSPS) is 23.7. The molecule has 1 saturated heterocycles. The lowest BCUT2D eigenvalue weighted by Gasteiger charge is -2.29. The van der Waals surface area contributed by atoms with Crippen LogP contribution in [0.4, 0.5) is 0 Å². The zero-order valence-corrected chi connectivity index (χ0v) is 11.3. The van der Waals surface area contributed by atoms with Gasteiger partial charge in [0.05, 0.1) is 13.2 Å². The van der Waals surface area contributed by atoms with Gasteiger partial charge in [0, 0.05) is 24.0 Å². The number of amides is 3. The summed E-state index contributed by atoms with van der Waals surface area (Å²) in [6.07, 6.45) is 1.51. The second-order valence-electron chi connectivity index (χ2n) is 5.58. The van der Waals surface area contributed by atoms with Crippen LogP contribution in [-0.2, 0) is 22.6 Å². The van der Waals surface area contributed by atoms with Crippen LogP contribution in [0.5, 0.6) is 5.75 Å². The van der Waals surface area contributed by atoms with Crippen molar-refractivity contribution < 1.29 is 19.1 Å². The first-order chi connectivity index (χ1) is 10.1. The van der Waals surface area contributed by atoms with E-state index >= 15 is 0 Å². The first-order valence-corrected chi connectivity index (χ1v) is 7.07. The molecule has 0 bridgehead atoms. The van der Waals surface area contributed by atoms with Gasteiger partial charge in [0.25, 0.3) is 5.91 Å². The summed E-state index contributed by atoms with van der Waals surface area (Å²) >= 11 is 0. The number of imide groups is 1. The fourth-order valence-corrected chi connectivity index (χ4v) is 3.30. The van der Waals surface area contributed by atoms with E-state index < -0.39 is 6.04 Å². The van der Waals surface area contributed by atoms with Crippen LogP contribution < -0.4 is 10.1 Å². The molecule has 0 saturated carbocycles. The van der Waals surface area contributed by atoms with Gasteiger partial charge in [0.1, 0.15) is 11.8 Å². The number of carbonyl (C=O) groups is 3. The number of nitrogens with one attached hydrogen (secondary N) is 1. The van der Waals surface area contributed by atoms with E-state index in [9.17, 15) is 14.4 Å². The van der Waals surface area contributed by atoms with Gasteiger partial charge < -0.3 is 9.64 Å². The second kappa shape index (κ2) is 4.31. The molecule has 0 spiro atoms. The molecule has 21 heavy (non-hydrogen) atoms. The fourth-order valence-electron chi connectivity index (χ4n) is 3.30. The summed E-state index contributed by atoms with van der Waals surface area (Å²) in [7, 11) is 0. The summed E-state index contributed by atoms with van der Waals surface area (Å²) in [6.45, 7) is 1.02. The highest BCUT2D eigenvalue weighted by atomic mass is 16.5. The molecular weight excluding hydrogens is 272 g/mol. The van der Waals surface area contributed by atoms with Gasteiger partial charge >= 0.3 is 0 Å². The van der Waals surface area contributed by atoms with Gasteiger partial charge in [-0.1, -0.05) is 6.07 Å². The highest BCUT2D eigenvalue weighted by Crippen LogP contribution is 2.38. The molecule has 3 amide bonds. The first kappa shape index (κ1) is 12.4. The average molecular weight is 286 g/mol. The standard InChI is InChI=1S/C15H14N2O4/c18-12-4-3-11(14(19)16-12)17-7-10-9(15(17)20)2-1-8-5-6-21-13(8)10/h1-2,11H,3-7H2,(H,16,18,19)/t11-/m0/s1. The third-order valence-corrected chi connectivity index (χ3v) is 4.37. The van der Waals surface area contributed by atoms with Crippen LogP contribution >= 0.6 is 0 Å². The van der Waals surface area contributed by atoms with E-state index in [1.54, 1.807) is 4.90 Å². The van der Waals surface area contributed by atoms with Gasteiger partial charge in [-0.2, -0.15) is 0 Å². The van der Waals surface area contributed by atoms with Crippen LogP contribution in [0.2, 0.25) is 0 Å². The molecule has 3 aliphatic rings. The Morgan fingerprint density at radius 1 is 1.19 bits per heavy atom. The molecule has 6 nitrogen and oxygen atoms in total. The van der Waals surface area contributed by atoms with Crippen LogP contribution in [0.25, 0.3) is 0 Å². The Labute approximate surface area is 121 Å². The Bertz CT molecular complexity index is 682. The van der Waals surface area contributed by atoms with Crippen molar-refractivity contribution in [2.75, 3.05) is 6.61 Å². The van der Waals surface area contributed by atoms with Gasteiger partial charge in [-0.3, -0.25) is 19.7 Å². The second-order valence-corrected chi connectivity index (χ2v) is 5.58. The van der Waals surface area contributed by atoms with Crippen LogP contribution in [-0.4, -0.2) is 35.3 Å². The Balaban J connectivity index is 1.67. The molecule has 0 radical (unpaired) electrons. The zero-order chi connectivity index (χ0) is 14.6. The smallest absolute Gasteiger partial charge is 0.255 e. The minimum atomic E-state index is -0.570. The molecule has 1 N–H and O–H groups in total. The van der Waals surface area contributed by atoms with Gasteiger partial charge in [-0.25, -0.2) is 0 Å². The van der Waals surface area contributed by atoms with Crippen molar-refractivity contribution in [3.63, 3.8) is 0 Å². The largest absolute Gasteiger partial charge is 0.493 e. The minimum absolute atomic E-state index is 0.155. The molecule has 0 unspecified atom stereocenters. The Morgan fingerprint density at radius 2 is 2.05 bits per heavy atom. The first-order valence-electron chi connectivity index (χ1n) is 7.07. The van der Waals surface area contributed by atoms with E-state index in [4.69, 9.17) is 4.74 Å². The number of hydrogen-bond acceptors (Lipinski definition) is 4. The van der Waals surface area contributed by atoms with E-state index in [0.717, 1.165) is 23.3 Å². The number of fused-ring (bicyclic) bond motifs is 3. The third-order valence-electron chi connectivity index (χ3n) is 4.37. The minimum Gasteiger partial charge on any atom is -0.493 e. The maximum absolute atomic E-state index is 12.5. The number of piperidine rings is 1. The topological polar surface area (TPSA) is 75.7 Å². The van der Waals surface area contributed by atoms with E-state index in [0.29, 0.717) is 25.1 Å². The van der Waals surface area contributed by atoms with Crippen LogP contribution in [0.15, 0.2) is 12.1 Å². The molecule has 1 atom stereocenters. The predicted octanol–water partition coefficient (Wildman–Crippen LogP) is 0.383. The number of rotatable bonds is 1. The summed E-state index contributed by atoms with van der Waals surface area (Å²) in [5.74, 6) is -0.0111. The molecule has 3 heterocycles. The molecule has 0 aromatic heterocycles. The lowest BCUT2D eigenvalue weighted by Crippen LogP contribution is -2.52. The number of hydrogen-bond donors (Lipinski definition) is 1. The van der Waals surface area contributed by atoms with E-state index in [2.05, 4.69) is 5.32 Å². The molecule has 4 rings (SSSR count). The van der Waals surface area contributed by atoms with Crippen LogP contribution in [0, 0.1) is 0 Å². The summed E-state index contributed by atoms with van der Waals surface area (Å²) < 4.78 is 5.64. The zero-order valence-electron chi connectivity index (χ0n) is 11.3. The van der Waals surface area contributed by atoms with Gasteiger partial charge in [-0.05, 0) is 18.1 Å². The molecule has 1 aromatic rings. The quantitative estimate of drug-likeness (QED) is 0.757. The predicted molar refractivity (Wildman–Crippen MR) is 71.7 cm³/mol. The number of benzene rings is 1. The maximum Gasteiger partial charge on any atom is 0.255 e. The SMILES string of the molecule is O=C1CC[C@H](N2Cc3c(ccc4c3OCC4)C2=O)C(=O)N1. The lowest BCUT2D eigenvalue weighted by atomic mass is 10.0. The summed E-state index contributed by atoms with van der Waals surface area (Å²) in [5.41, 5.74) is 2.60. The fraction of sp³-hybridized carbons (Fsp3) is 0.400. The molecular formula is C15H14N2O4. The number of ether oxygens (including phenoxy) is 1. The van der Waals surface area contributed by atoms with Gasteiger partial charge in [0.2, 0.25) is 11.8 Å². The summed E-state index contributed by atoms with van der Waals surface area (Å²) in [6, 6.07) is 3.17. The van der Waals surface area contributed by atoms with Crippen molar-refractivity contribution >= 4 is 17.7 Å². The van der Waals surface area contributed by atoms with Crippen LogP contribution in [0.3, 0.4) is 0 Å². The third kappa shape index (κ3) is 1.75. The van der Waals surface area contributed by atoms with Crippen molar-refractivity contribution in [3.05, 3.63) is 28.8 Å². The average Bonchev–Trinajstić information content (AvgIpc) is 3.04. The molecule has 108 valence electrons. The molecule has 0 aliphatic carbocycles. The lowest BCUT2D eigenvalue weighted by molar-refractivity contribution is -0.136. The van der Waals surface area contributed by atoms with Crippen molar-refractivity contribution in [3.8, 4) is 5.75 Å². The Morgan fingerprint density at radius 3 is 2.86 bits per heavy atom. The van der Waals surface area contributed by atoms with Crippen molar-refractivity contribution in [2.24, 2.45) is 0 Å². The van der Waals surface area contributed by atoms with Crippen molar-refractivity contribution in [1.29, 1.82) is 0 Å². The Hall–Kier alpha value is -2.37. The monoisotopic (exact) mass is 286 g/mol. The molecule has 6 heteroatoms. The van der Waals surface area contributed by atoms with Gasteiger partial charge in [0.15, 0.2) is 0 Å². The van der Waals surface area contributed by atoms with E-state index in [1.165, 1.54) is 0 Å². The van der Waals surface area contributed by atoms with E-state index in [1.807, 2.05) is 12.1 Å². The van der Waals surface area contributed by atoms with Crippen LogP contribution in [0.1, 0.15) is 34.3 Å². The molecule has 1 aromatic carbocycles. The number of nitrogens with zero attached hydrogens (tertiary/aromatic N) is 1. The van der Waals surface area contributed by atoms with Gasteiger partial charge in [-0.15, -0.1) is 0 Å². The highest BCUT2D eigenvalue weighted by molar-refractivity contribution is 6.05. The highest BCUT2D eigenvalue weighted by Gasteiger charge is 2.41. The summed E-state index contributed by atoms with van der Waals surface area (Å²) in [5, 5.41) is 2.30. The molecule has 1 fully saturated rings. The van der Waals surface area contributed by atoms with Crippen molar-refractivity contribution in [1.82, 2.24) is 10.2 Å². The van der Waals surface area contributed by atoms with E-state index in [-0.39, 0.29) is 24.1 Å². The Kier molecular flexibility index (Phi) is 2.54. The van der Waals surface area contributed by atoms with Crippen molar-refractivity contribution in [2.45, 2.75) is 31.8 Å². The maximum atomic E-state index is 12.5. The molecule has 3 aliphatic heterocycles. The number of carbonyl (C=O) groups excluding carboxylic acids is 3. The summed E-state index contributed by atoms with van der Waals surface area (Å²) in [4.78, 5) is 37.3.